The number of hydrogen-bond acceptors (Lipinski definition) is 6. The molecule has 0 aliphatic carbocycles. The number of nitrogens with zero attached hydrogens (tertiary/aromatic N) is 1. The molecule has 1 aliphatic rings. The van der Waals surface area contributed by atoms with Gasteiger partial charge < -0.3 is 20.1 Å². The maximum absolute atomic E-state index is 13.1. The van der Waals surface area contributed by atoms with Crippen molar-refractivity contribution in [3.63, 3.8) is 0 Å². The summed E-state index contributed by atoms with van der Waals surface area (Å²) >= 11 is 0. The predicted octanol–water partition coefficient (Wildman–Crippen LogP) is 4.12. The first-order valence-electron chi connectivity index (χ1n) is 10.9. The van der Waals surface area contributed by atoms with Gasteiger partial charge in [-0.25, -0.2) is 0 Å². The lowest BCUT2D eigenvalue weighted by molar-refractivity contribution is -0.144. The fourth-order valence-electron chi connectivity index (χ4n) is 3.65. The largest absolute Gasteiger partial charge is 0.481 e. The van der Waals surface area contributed by atoms with Crippen LogP contribution < -0.4 is 15.4 Å². The number of amides is 1. The van der Waals surface area contributed by atoms with Crippen LogP contribution >= 0.6 is 0 Å². The van der Waals surface area contributed by atoms with Crippen LogP contribution in [0.5, 0.6) is 5.88 Å². The molecule has 0 bridgehead atoms. The normalized spacial score (nSPS) is 19.8. The highest BCUT2D eigenvalue weighted by atomic mass is 16.6. The van der Waals surface area contributed by atoms with Crippen LogP contribution in [-0.4, -0.2) is 42.7 Å². The number of carbonyl (C=O) groups is 2. The topological polar surface area (TPSA) is 89.6 Å². The molecule has 2 rings (SSSR count). The average Bonchev–Trinajstić information content (AvgIpc) is 3.10. The Morgan fingerprint density at radius 3 is 2.71 bits per heavy atom. The van der Waals surface area contributed by atoms with Crippen LogP contribution in [-0.2, 0) is 9.53 Å². The molecule has 4 atom stereocenters. The van der Waals surface area contributed by atoms with Crippen molar-refractivity contribution in [1.29, 1.82) is 0 Å². The van der Waals surface area contributed by atoms with E-state index in [9.17, 15) is 9.59 Å². The van der Waals surface area contributed by atoms with Gasteiger partial charge in [0.15, 0.2) is 0 Å². The van der Waals surface area contributed by atoms with Crippen molar-refractivity contribution in [2.45, 2.75) is 58.1 Å². The number of ether oxygens (including phenoxy) is 2. The minimum Gasteiger partial charge on any atom is -0.481 e. The van der Waals surface area contributed by atoms with Gasteiger partial charge in [-0.2, -0.15) is 4.98 Å². The number of aromatic nitrogens is 1. The first kappa shape index (κ1) is 24.4. The van der Waals surface area contributed by atoms with E-state index >= 15 is 0 Å². The molecule has 1 aromatic rings. The van der Waals surface area contributed by atoms with E-state index in [0.717, 1.165) is 25.7 Å². The number of rotatable bonds is 13. The zero-order chi connectivity index (χ0) is 22.8. The second kappa shape index (κ2) is 12.1. The van der Waals surface area contributed by atoms with Gasteiger partial charge in [0, 0.05) is 18.2 Å². The van der Waals surface area contributed by atoms with Gasteiger partial charge in [-0.15, -0.1) is 13.2 Å². The molecule has 1 aliphatic heterocycles. The fourth-order valence-corrected chi connectivity index (χ4v) is 3.65. The number of carbonyl (C=O) groups excluding carboxylic acids is 2. The molecule has 170 valence electrons. The lowest BCUT2D eigenvalue weighted by Crippen LogP contribution is -2.44. The summed E-state index contributed by atoms with van der Waals surface area (Å²) in [6.45, 7) is 12.1. The Labute approximate surface area is 185 Å². The Hall–Kier alpha value is -2.83. The number of methoxy groups -OCH3 is 1. The van der Waals surface area contributed by atoms with E-state index in [0.29, 0.717) is 36.1 Å². The molecule has 0 saturated carbocycles. The molecule has 0 spiro atoms. The molecular weight excluding hydrogens is 394 g/mol. The third kappa shape index (κ3) is 7.42. The number of cyclic esters (lactones) is 1. The Kier molecular flexibility index (Phi) is 9.56. The fraction of sp³-hybridized carbons (Fsp3) is 0.542. The van der Waals surface area contributed by atoms with Gasteiger partial charge in [-0.3, -0.25) is 9.59 Å². The Morgan fingerprint density at radius 2 is 2.10 bits per heavy atom. The molecule has 2 N–H and O–H groups in total. The van der Waals surface area contributed by atoms with Gasteiger partial charge in [0.25, 0.3) is 5.91 Å². The monoisotopic (exact) mass is 429 g/mol. The minimum atomic E-state index is -0.327. The number of pyridine rings is 1. The zero-order valence-corrected chi connectivity index (χ0v) is 18.9. The Balaban J connectivity index is 2.17. The summed E-state index contributed by atoms with van der Waals surface area (Å²) < 4.78 is 10.8. The summed E-state index contributed by atoms with van der Waals surface area (Å²) in [6.07, 6.45) is 7.34. The molecule has 1 saturated heterocycles. The summed E-state index contributed by atoms with van der Waals surface area (Å²) in [4.78, 5) is 29.4. The third-order valence-electron chi connectivity index (χ3n) is 5.47. The highest BCUT2D eigenvalue weighted by molar-refractivity contribution is 5.95. The number of nitrogens with one attached hydrogen (secondary N) is 2. The lowest BCUT2D eigenvalue weighted by atomic mass is 9.91. The van der Waals surface area contributed by atoms with Gasteiger partial charge in [0.2, 0.25) is 5.88 Å². The van der Waals surface area contributed by atoms with Crippen molar-refractivity contribution in [3.05, 3.63) is 43.0 Å². The van der Waals surface area contributed by atoms with Crippen LogP contribution in [0.25, 0.3) is 0 Å². The van der Waals surface area contributed by atoms with E-state index in [1.165, 1.54) is 7.11 Å². The van der Waals surface area contributed by atoms with Gasteiger partial charge in [-0.1, -0.05) is 26.0 Å². The Bertz CT molecular complexity index is 780. The first-order chi connectivity index (χ1) is 14.9. The highest BCUT2D eigenvalue weighted by Gasteiger charge is 2.37. The first-order valence-corrected chi connectivity index (χ1v) is 10.9. The molecule has 31 heavy (non-hydrogen) atoms. The Morgan fingerprint density at radius 1 is 1.35 bits per heavy atom. The quantitative estimate of drug-likeness (QED) is 0.279. The smallest absolute Gasteiger partial charge is 0.309 e. The highest BCUT2D eigenvalue weighted by Crippen LogP contribution is 2.27. The molecular formula is C24H35N3O4. The lowest BCUT2D eigenvalue weighted by Gasteiger charge is -2.26. The number of esters is 1. The van der Waals surface area contributed by atoms with E-state index < -0.39 is 0 Å². The molecule has 7 nitrogen and oxygen atoms in total. The van der Waals surface area contributed by atoms with Crippen molar-refractivity contribution in [2.75, 3.05) is 19.0 Å². The molecule has 0 aromatic carbocycles. The van der Waals surface area contributed by atoms with Crippen LogP contribution in [0.4, 0.5) is 5.82 Å². The van der Waals surface area contributed by atoms with E-state index in [1.54, 1.807) is 12.1 Å². The summed E-state index contributed by atoms with van der Waals surface area (Å²) in [6, 6.07) is 3.04. The van der Waals surface area contributed by atoms with Crippen molar-refractivity contribution >= 4 is 17.7 Å². The number of hydrogen-bond donors (Lipinski definition) is 2. The molecule has 0 radical (unpaired) electrons. The number of allylic oxidation sites excluding steroid dienone is 1. The van der Waals surface area contributed by atoms with Crippen LogP contribution in [0.2, 0.25) is 0 Å². The zero-order valence-electron chi connectivity index (χ0n) is 18.9. The summed E-state index contributed by atoms with van der Waals surface area (Å²) in [5.41, 5.74) is 0.439. The molecule has 7 heteroatoms. The molecule has 1 fully saturated rings. The van der Waals surface area contributed by atoms with Gasteiger partial charge in [0.1, 0.15) is 11.9 Å². The van der Waals surface area contributed by atoms with E-state index in [2.05, 4.69) is 35.7 Å². The average molecular weight is 430 g/mol. The summed E-state index contributed by atoms with van der Waals surface area (Å²) in [5, 5.41) is 6.27. The maximum atomic E-state index is 13.1. The van der Waals surface area contributed by atoms with Crippen LogP contribution in [0.1, 0.15) is 56.3 Å². The van der Waals surface area contributed by atoms with Crippen LogP contribution in [0.15, 0.2) is 37.4 Å². The molecule has 2 heterocycles. The van der Waals surface area contributed by atoms with E-state index in [4.69, 9.17) is 9.47 Å². The predicted molar refractivity (Wildman–Crippen MR) is 122 cm³/mol. The number of anilines is 1. The second-order valence-corrected chi connectivity index (χ2v) is 8.19. The standard InChI is InChI=1S/C24H35N3O4/c1-6-8-10-16(3)12-19(20-13-17(4)24(29)31-20)26-23(28)18-14-21(25-11-9-7-2)27-22(15-18)30-5/h6-7,14-17,19-20H,1-2,8-13H2,3-5H3,(H,25,27)(H,26,28). The van der Waals surface area contributed by atoms with Gasteiger partial charge >= 0.3 is 5.97 Å². The maximum Gasteiger partial charge on any atom is 0.309 e. The van der Waals surface area contributed by atoms with Crippen molar-refractivity contribution < 1.29 is 19.1 Å². The third-order valence-corrected chi connectivity index (χ3v) is 5.47. The van der Waals surface area contributed by atoms with E-state index in [1.807, 2.05) is 19.1 Å². The van der Waals surface area contributed by atoms with Gasteiger partial charge in [-0.05, 0) is 44.1 Å². The van der Waals surface area contributed by atoms with Crippen molar-refractivity contribution in [2.24, 2.45) is 11.8 Å². The van der Waals surface area contributed by atoms with Crippen LogP contribution in [0, 0.1) is 11.8 Å². The molecule has 1 amide bonds. The summed E-state index contributed by atoms with van der Waals surface area (Å²) in [7, 11) is 1.51. The van der Waals surface area contributed by atoms with Crippen molar-refractivity contribution in [3.8, 4) is 5.88 Å². The SMILES string of the molecule is C=CCCNc1cc(C(=O)NC(CC(C)CCC=C)C2CC(C)C(=O)O2)cc(OC)n1. The van der Waals surface area contributed by atoms with Crippen LogP contribution in [0.3, 0.4) is 0 Å². The molecule has 1 aromatic heterocycles. The minimum absolute atomic E-state index is 0.158. The van der Waals surface area contributed by atoms with Gasteiger partial charge in [0.05, 0.1) is 19.1 Å². The van der Waals surface area contributed by atoms with Crippen molar-refractivity contribution in [1.82, 2.24) is 10.3 Å². The molecule has 4 unspecified atom stereocenters. The van der Waals surface area contributed by atoms with E-state index in [-0.39, 0.29) is 29.9 Å². The summed E-state index contributed by atoms with van der Waals surface area (Å²) in [5.74, 6) is 0.649. The second-order valence-electron chi connectivity index (χ2n) is 8.19.